The molecule has 0 radical (unpaired) electrons. The molecule has 1 rings (SSSR count). The van der Waals surface area contributed by atoms with E-state index in [-0.39, 0.29) is 18.8 Å². The van der Waals surface area contributed by atoms with E-state index in [9.17, 15) is 9.59 Å². The SMILES string of the molecule is CCOC(=O)CC(=O)CN1CCC(CO)CC1. The lowest BCUT2D eigenvalue weighted by Crippen LogP contribution is -2.38. The molecule has 1 fully saturated rings. The highest BCUT2D eigenvalue weighted by atomic mass is 16.5. The summed E-state index contributed by atoms with van der Waals surface area (Å²) in [5, 5.41) is 8.99. The van der Waals surface area contributed by atoms with Crippen molar-refractivity contribution in [3.8, 4) is 0 Å². The zero-order valence-corrected chi connectivity index (χ0v) is 10.4. The number of carbonyl (C=O) groups is 2. The third-order valence-corrected chi connectivity index (χ3v) is 3.01. The van der Waals surface area contributed by atoms with Gasteiger partial charge in [-0.1, -0.05) is 0 Å². The second-order valence-electron chi connectivity index (χ2n) is 4.42. The van der Waals surface area contributed by atoms with Gasteiger partial charge in [0.2, 0.25) is 0 Å². The van der Waals surface area contributed by atoms with E-state index < -0.39 is 5.97 Å². The molecule has 0 bridgehead atoms. The summed E-state index contributed by atoms with van der Waals surface area (Å²) < 4.78 is 4.72. The first-order valence-corrected chi connectivity index (χ1v) is 6.16. The number of hydrogen-bond acceptors (Lipinski definition) is 5. The summed E-state index contributed by atoms with van der Waals surface area (Å²) in [4.78, 5) is 24.7. The van der Waals surface area contributed by atoms with Crippen LogP contribution in [0.4, 0.5) is 0 Å². The van der Waals surface area contributed by atoms with Crippen LogP contribution in [0.2, 0.25) is 0 Å². The maximum absolute atomic E-state index is 11.6. The number of Topliss-reactive ketones (excluding diaryl/α,β-unsaturated/α-hetero) is 1. The van der Waals surface area contributed by atoms with Crippen molar-refractivity contribution in [2.24, 2.45) is 5.92 Å². The number of aliphatic hydroxyl groups is 1. The molecule has 1 saturated heterocycles. The molecule has 0 aromatic rings. The normalized spacial score (nSPS) is 18.0. The van der Waals surface area contributed by atoms with E-state index in [2.05, 4.69) is 0 Å². The number of rotatable bonds is 6. The Morgan fingerprint density at radius 3 is 2.53 bits per heavy atom. The van der Waals surface area contributed by atoms with Gasteiger partial charge in [0.25, 0.3) is 0 Å². The Bertz CT molecular complexity index is 259. The molecule has 0 amide bonds. The largest absolute Gasteiger partial charge is 0.466 e. The quantitative estimate of drug-likeness (QED) is 0.533. The van der Waals surface area contributed by atoms with Crippen LogP contribution in [-0.2, 0) is 14.3 Å². The number of piperidine rings is 1. The minimum Gasteiger partial charge on any atom is -0.466 e. The summed E-state index contributed by atoms with van der Waals surface area (Å²) in [5.41, 5.74) is 0. The predicted octanol–water partition coefficient (Wildman–Crippen LogP) is 0.213. The molecular formula is C12H21NO4. The van der Waals surface area contributed by atoms with Gasteiger partial charge >= 0.3 is 5.97 Å². The molecule has 0 aromatic carbocycles. The Labute approximate surface area is 102 Å². The molecule has 1 aliphatic rings. The van der Waals surface area contributed by atoms with Crippen molar-refractivity contribution in [2.75, 3.05) is 32.8 Å². The molecule has 5 nitrogen and oxygen atoms in total. The monoisotopic (exact) mass is 243 g/mol. The summed E-state index contributed by atoms with van der Waals surface area (Å²) in [6.45, 7) is 4.22. The van der Waals surface area contributed by atoms with E-state index in [4.69, 9.17) is 9.84 Å². The molecular weight excluding hydrogens is 222 g/mol. The number of aliphatic hydroxyl groups excluding tert-OH is 1. The summed E-state index contributed by atoms with van der Waals surface area (Å²) in [6.07, 6.45) is 1.71. The van der Waals surface area contributed by atoms with Crippen molar-refractivity contribution in [2.45, 2.75) is 26.2 Å². The lowest BCUT2D eigenvalue weighted by Gasteiger charge is -2.30. The number of hydrogen-bond donors (Lipinski definition) is 1. The predicted molar refractivity (Wildman–Crippen MR) is 62.5 cm³/mol. The van der Waals surface area contributed by atoms with Crippen molar-refractivity contribution >= 4 is 11.8 Å². The standard InChI is InChI=1S/C12H21NO4/c1-2-17-12(16)7-11(15)8-13-5-3-10(9-14)4-6-13/h10,14H,2-9H2,1H3. The minimum atomic E-state index is -0.442. The average Bonchev–Trinajstić information content (AvgIpc) is 2.30. The van der Waals surface area contributed by atoms with Crippen LogP contribution in [0.3, 0.4) is 0 Å². The molecule has 0 spiro atoms. The lowest BCUT2D eigenvalue weighted by molar-refractivity contribution is -0.145. The first-order valence-electron chi connectivity index (χ1n) is 6.16. The highest BCUT2D eigenvalue weighted by Gasteiger charge is 2.21. The van der Waals surface area contributed by atoms with Crippen LogP contribution in [-0.4, -0.2) is 54.6 Å². The number of esters is 1. The number of carbonyl (C=O) groups excluding carboxylic acids is 2. The van der Waals surface area contributed by atoms with Crippen LogP contribution >= 0.6 is 0 Å². The number of ketones is 1. The Kier molecular flexibility index (Phi) is 6.15. The fourth-order valence-corrected chi connectivity index (χ4v) is 2.01. The van der Waals surface area contributed by atoms with Crippen LogP contribution in [0.1, 0.15) is 26.2 Å². The first kappa shape index (κ1) is 14.1. The van der Waals surface area contributed by atoms with Gasteiger partial charge in [0.05, 0.1) is 13.2 Å². The second kappa shape index (κ2) is 7.40. The summed E-state index contributed by atoms with van der Waals surface area (Å²) in [7, 11) is 0. The van der Waals surface area contributed by atoms with Gasteiger partial charge in [0.1, 0.15) is 6.42 Å². The Morgan fingerprint density at radius 2 is 2.00 bits per heavy atom. The van der Waals surface area contributed by atoms with Crippen LogP contribution in [0.5, 0.6) is 0 Å². The highest BCUT2D eigenvalue weighted by molar-refractivity contribution is 5.96. The van der Waals surface area contributed by atoms with E-state index in [0.717, 1.165) is 25.9 Å². The Balaban J connectivity index is 2.21. The molecule has 0 aromatic heterocycles. The van der Waals surface area contributed by atoms with Crippen molar-refractivity contribution in [3.05, 3.63) is 0 Å². The van der Waals surface area contributed by atoms with E-state index >= 15 is 0 Å². The van der Waals surface area contributed by atoms with Gasteiger partial charge in [-0.15, -0.1) is 0 Å². The first-order chi connectivity index (χ1) is 8.15. The van der Waals surface area contributed by atoms with Gasteiger partial charge in [-0.25, -0.2) is 0 Å². The van der Waals surface area contributed by atoms with Gasteiger partial charge in [0.15, 0.2) is 5.78 Å². The summed E-state index contributed by atoms with van der Waals surface area (Å²) >= 11 is 0. The van der Waals surface area contributed by atoms with E-state index in [0.29, 0.717) is 19.1 Å². The van der Waals surface area contributed by atoms with Gasteiger partial charge in [0, 0.05) is 6.61 Å². The molecule has 5 heteroatoms. The number of likely N-dealkylation sites (tertiary alicyclic amines) is 1. The van der Waals surface area contributed by atoms with Gasteiger partial charge in [-0.3, -0.25) is 14.5 Å². The van der Waals surface area contributed by atoms with Gasteiger partial charge in [-0.05, 0) is 38.8 Å². The smallest absolute Gasteiger partial charge is 0.313 e. The summed E-state index contributed by atoms with van der Waals surface area (Å²) in [6, 6.07) is 0. The molecule has 1 aliphatic heterocycles. The van der Waals surface area contributed by atoms with Crippen molar-refractivity contribution in [1.29, 1.82) is 0 Å². The fourth-order valence-electron chi connectivity index (χ4n) is 2.01. The third kappa shape index (κ3) is 5.28. The van der Waals surface area contributed by atoms with E-state index in [1.54, 1.807) is 6.92 Å². The average molecular weight is 243 g/mol. The van der Waals surface area contributed by atoms with Gasteiger partial charge < -0.3 is 9.84 Å². The van der Waals surface area contributed by atoms with Crippen molar-refractivity contribution < 1.29 is 19.4 Å². The highest BCUT2D eigenvalue weighted by Crippen LogP contribution is 2.16. The van der Waals surface area contributed by atoms with Gasteiger partial charge in [-0.2, -0.15) is 0 Å². The lowest BCUT2D eigenvalue weighted by atomic mass is 9.98. The molecule has 0 aliphatic carbocycles. The fraction of sp³-hybridized carbons (Fsp3) is 0.833. The number of nitrogens with zero attached hydrogens (tertiary/aromatic N) is 1. The van der Waals surface area contributed by atoms with Crippen LogP contribution in [0, 0.1) is 5.92 Å². The molecule has 0 unspecified atom stereocenters. The maximum Gasteiger partial charge on any atom is 0.313 e. The van der Waals surface area contributed by atoms with E-state index in [1.165, 1.54) is 0 Å². The third-order valence-electron chi connectivity index (χ3n) is 3.01. The second-order valence-corrected chi connectivity index (χ2v) is 4.42. The molecule has 1 N–H and O–H groups in total. The molecule has 17 heavy (non-hydrogen) atoms. The molecule has 98 valence electrons. The number of ether oxygens (including phenoxy) is 1. The summed E-state index contributed by atoms with van der Waals surface area (Å²) in [5.74, 6) is -0.167. The maximum atomic E-state index is 11.6. The topological polar surface area (TPSA) is 66.8 Å². The molecule has 0 saturated carbocycles. The van der Waals surface area contributed by atoms with Crippen molar-refractivity contribution in [3.63, 3.8) is 0 Å². The van der Waals surface area contributed by atoms with Crippen LogP contribution < -0.4 is 0 Å². The van der Waals surface area contributed by atoms with Crippen LogP contribution in [0.15, 0.2) is 0 Å². The molecule has 0 atom stereocenters. The van der Waals surface area contributed by atoms with Crippen molar-refractivity contribution in [1.82, 2.24) is 4.90 Å². The zero-order chi connectivity index (χ0) is 12.7. The zero-order valence-electron chi connectivity index (χ0n) is 10.4. The minimum absolute atomic E-state index is 0.0918. The Hall–Kier alpha value is -0.940. The Morgan fingerprint density at radius 1 is 1.35 bits per heavy atom. The van der Waals surface area contributed by atoms with E-state index in [1.807, 2.05) is 4.90 Å². The van der Waals surface area contributed by atoms with Crippen LogP contribution in [0.25, 0.3) is 0 Å². The molecule has 1 heterocycles.